The Morgan fingerprint density at radius 1 is 0.833 bits per heavy atom. The molecule has 0 bridgehead atoms. The SMILES string of the molecule is CCC(C)C(N)C(=O)NC(CCC(=O)O)C(=O)NC(CO)C(=O)NC(CO)C(=O)O. The zero-order valence-electron chi connectivity index (χ0n) is 16.8. The topological polar surface area (TPSA) is 228 Å². The van der Waals surface area contributed by atoms with Gasteiger partial charge in [-0.15, -0.1) is 0 Å². The van der Waals surface area contributed by atoms with Gasteiger partial charge in [-0.2, -0.15) is 0 Å². The average Bonchev–Trinajstić information content (AvgIpc) is 2.70. The van der Waals surface area contributed by atoms with Gasteiger partial charge >= 0.3 is 11.9 Å². The number of aliphatic carboxylic acids is 2. The first-order valence-electron chi connectivity index (χ1n) is 9.31. The molecule has 0 radical (unpaired) electrons. The Morgan fingerprint density at radius 2 is 1.30 bits per heavy atom. The molecule has 13 nitrogen and oxygen atoms in total. The van der Waals surface area contributed by atoms with Gasteiger partial charge in [0, 0.05) is 6.42 Å². The van der Waals surface area contributed by atoms with E-state index in [-0.39, 0.29) is 12.3 Å². The highest BCUT2D eigenvalue weighted by molar-refractivity contribution is 5.94. The highest BCUT2D eigenvalue weighted by atomic mass is 16.4. The normalized spacial score (nSPS) is 15.8. The van der Waals surface area contributed by atoms with E-state index in [0.717, 1.165) is 0 Å². The standard InChI is InChI=1S/C17H30N4O9/c1-3-8(2)13(18)16(28)19-9(4-5-12(24)25)14(26)20-10(6-22)15(27)21-11(7-23)17(29)30/h8-11,13,22-23H,3-7,18H2,1-2H3,(H,19,28)(H,20,26)(H,21,27)(H,24,25)(H,29,30). The van der Waals surface area contributed by atoms with Crippen LogP contribution in [-0.2, 0) is 24.0 Å². The number of nitrogens with two attached hydrogens (primary N) is 1. The Balaban J connectivity index is 5.27. The van der Waals surface area contributed by atoms with Gasteiger partial charge in [0.1, 0.15) is 18.1 Å². The monoisotopic (exact) mass is 434 g/mol. The van der Waals surface area contributed by atoms with Gasteiger partial charge in [-0.25, -0.2) is 4.79 Å². The molecule has 0 heterocycles. The quantitative estimate of drug-likeness (QED) is 0.136. The molecule has 30 heavy (non-hydrogen) atoms. The third-order valence-electron chi connectivity index (χ3n) is 4.45. The Kier molecular flexibility index (Phi) is 12.2. The van der Waals surface area contributed by atoms with Crippen LogP contribution in [0.1, 0.15) is 33.1 Å². The zero-order chi connectivity index (χ0) is 23.4. The minimum absolute atomic E-state index is 0.212. The Labute approximate surface area is 173 Å². The average molecular weight is 434 g/mol. The highest BCUT2D eigenvalue weighted by Gasteiger charge is 2.30. The van der Waals surface area contributed by atoms with E-state index >= 15 is 0 Å². The van der Waals surface area contributed by atoms with Gasteiger partial charge in [0.05, 0.1) is 19.3 Å². The fraction of sp³-hybridized carbons (Fsp3) is 0.706. The van der Waals surface area contributed by atoms with Crippen LogP contribution in [0.4, 0.5) is 0 Å². The number of aliphatic hydroxyl groups is 2. The molecular weight excluding hydrogens is 404 g/mol. The van der Waals surface area contributed by atoms with Crippen molar-refractivity contribution >= 4 is 29.7 Å². The smallest absolute Gasteiger partial charge is 0.328 e. The summed E-state index contributed by atoms with van der Waals surface area (Å²) < 4.78 is 0. The summed E-state index contributed by atoms with van der Waals surface area (Å²) in [6.07, 6.45) is -0.199. The lowest BCUT2D eigenvalue weighted by Gasteiger charge is -2.25. The molecule has 172 valence electrons. The zero-order valence-corrected chi connectivity index (χ0v) is 16.8. The molecule has 3 amide bonds. The third kappa shape index (κ3) is 9.15. The lowest BCUT2D eigenvalue weighted by molar-refractivity contribution is -0.143. The molecule has 0 aromatic rings. The number of carbonyl (C=O) groups is 5. The fourth-order valence-electron chi connectivity index (χ4n) is 2.24. The number of amides is 3. The molecule has 5 atom stereocenters. The Morgan fingerprint density at radius 3 is 1.73 bits per heavy atom. The van der Waals surface area contributed by atoms with Crippen molar-refractivity contribution in [3.63, 3.8) is 0 Å². The van der Waals surface area contributed by atoms with Gasteiger partial charge in [0.25, 0.3) is 0 Å². The van der Waals surface area contributed by atoms with E-state index in [1.165, 1.54) is 0 Å². The summed E-state index contributed by atoms with van der Waals surface area (Å²) in [4.78, 5) is 58.6. The van der Waals surface area contributed by atoms with Crippen LogP contribution in [0.3, 0.4) is 0 Å². The molecule has 0 aliphatic rings. The van der Waals surface area contributed by atoms with E-state index in [1.54, 1.807) is 6.92 Å². The summed E-state index contributed by atoms with van der Waals surface area (Å²) >= 11 is 0. The molecule has 0 aliphatic heterocycles. The van der Waals surface area contributed by atoms with Crippen LogP contribution in [0.15, 0.2) is 0 Å². The van der Waals surface area contributed by atoms with E-state index < -0.39 is 73.5 Å². The van der Waals surface area contributed by atoms with Crippen LogP contribution in [0, 0.1) is 5.92 Å². The first kappa shape index (κ1) is 27.2. The molecule has 0 aromatic heterocycles. The number of hydrogen-bond donors (Lipinski definition) is 8. The summed E-state index contributed by atoms with van der Waals surface area (Å²) in [7, 11) is 0. The van der Waals surface area contributed by atoms with E-state index in [2.05, 4.69) is 10.6 Å². The molecular formula is C17H30N4O9. The van der Waals surface area contributed by atoms with Crippen LogP contribution in [-0.4, -0.2) is 87.5 Å². The number of carboxylic acids is 2. The van der Waals surface area contributed by atoms with Gasteiger partial charge in [-0.3, -0.25) is 19.2 Å². The Hall–Kier alpha value is -2.77. The highest BCUT2D eigenvalue weighted by Crippen LogP contribution is 2.07. The summed E-state index contributed by atoms with van der Waals surface area (Å²) in [5.41, 5.74) is 5.81. The van der Waals surface area contributed by atoms with Crippen LogP contribution in [0.25, 0.3) is 0 Å². The van der Waals surface area contributed by atoms with E-state index in [4.69, 9.17) is 21.1 Å². The molecule has 0 fully saturated rings. The first-order valence-corrected chi connectivity index (χ1v) is 9.31. The van der Waals surface area contributed by atoms with Gasteiger partial charge in [0.15, 0.2) is 0 Å². The first-order chi connectivity index (χ1) is 14.0. The third-order valence-corrected chi connectivity index (χ3v) is 4.45. The van der Waals surface area contributed by atoms with E-state index in [1.807, 2.05) is 12.2 Å². The number of rotatable bonds is 14. The molecule has 0 aliphatic carbocycles. The molecule has 0 saturated heterocycles. The predicted octanol–water partition coefficient (Wildman–Crippen LogP) is -3.25. The molecule has 0 aromatic carbocycles. The van der Waals surface area contributed by atoms with Crippen LogP contribution < -0.4 is 21.7 Å². The van der Waals surface area contributed by atoms with Gasteiger partial charge in [0.2, 0.25) is 17.7 Å². The van der Waals surface area contributed by atoms with Gasteiger partial charge in [-0.05, 0) is 12.3 Å². The molecule has 0 saturated carbocycles. The maximum absolute atomic E-state index is 12.5. The molecule has 0 rings (SSSR count). The summed E-state index contributed by atoms with van der Waals surface area (Å²) in [5.74, 6) is -5.71. The maximum Gasteiger partial charge on any atom is 0.328 e. The van der Waals surface area contributed by atoms with Gasteiger partial charge in [-0.1, -0.05) is 20.3 Å². The van der Waals surface area contributed by atoms with Crippen molar-refractivity contribution in [2.45, 2.75) is 57.3 Å². The molecule has 0 spiro atoms. The molecule has 13 heteroatoms. The maximum atomic E-state index is 12.5. The molecule has 5 unspecified atom stereocenters. The number of carboxylic acid groups (broad SMARTS) is 2. The van der Waals surface area contributed by atoms with Gasteiger partial charge < -0.3 is 42.1 Å². The van der Waals surface area contributed by atoms with Crippen LogP contribution >= 0.6 is 0 Å². The largest absolute Gasteiger partial charge is 0.481 e. The lowest BCUT2D eigenvalue weighted by Crippen LogP contribution is -2.58. The van der Waals surface area contributed by atoms with Crippen LogP contribution in [0.2, 0.25) is 0 Å². The number of aliphatic hydroxyl groups excluding tert-OH is 2. The number of hydrogen-bond acceptors (Lipinski definition) is 8. The predicted molar refractivity (Wildman–Crippen MR) is 102 cm³/mol. The van der Waals surface area contributed by atoms with Crippen molar-refractivity contribution in [3.8, 4) is 0 Å². The summed E-state index contributed by atoms with van der Waals surface area (Å²) in [6.45, 7) is 1.70. The minimum atomic E-state index is -1.65. The van der Waals surface area contributed by atoms with Crippen LogP contribution in [0.5, 0.6) is 0 Å². The van der Waals surface area contributed by atoms with Crippen molar-refractivity contribution in [3.05, 3.63) is 0 Å². The lowest BCUT2D eigenvalue weighted by atomic mass is 9.98. The second-order valence-electron chi connectivity index (χ2n) is 6.73. The Bertz CT molecular complexity index is 628. The second kappa shape index (κ2) is 13.5. The van der Waals surface area contributed by atoms with E-state index in [9.17, 15) is 29.1 Å². The summed E-state index contributed by atoms with van der Waals surface area (Å²) in [5, 5.41) is 42.4. The fourth-order valence-corrected chi connectivity index (χ4v) is 2.24. The van der Waals surface area contributed by atoms with Crippen molar-refractivity contribution in [2.24, 2.45) is 11.7 Å². The van der Waals surface area contributed by atoms with Crippen molar-refractivity contribution < 1.29 is 44.4 Å². The number of nitrogens with one attached hydrogen (secondary N) is 3. The van der Waals surface area contributed by atoms with Crippen molar-refractivity contribution in [1.29, 1.82) is 0 Å². The van der Waals surface area contributed by atoms with Crippen molar-refractivity contribution in [2.75, 3.05) is 13.2 Å². The minimum Gasteiger partial charge on any atom is -0.481 e. The number of carbonyl (C=O) groups excluding carboxylic acids is 3. The van der Waals surface area contributed by atoms with E-state index in [0.29, 0.717) is 6.42 Å². The second-order valence-corrected chi connectivity index (χ2v) is 6.73. The summed E-state index contributed by atoms with van der Waals surface area (Å²) in [6, 6.07) is -5.57. The van der Waals surface area contributed by atoms with Crippen molar-refractivity contribution in [1.82, 2.24) is 16.0 Å². The molecule has 9 N–H and O–H groups in total.